The van der Waals surface area contributed by atoms with Gasteiger partial charge in [-0.2, -0.15) is 5.10 Å². The fourth-order valence-electron chi connectivity index (χ4n) is 4.33. The molecule has 2 atom stereocenters. The van der Waals surface area contributed by atoms with Gasteiger partial charge >= 0.3 is 6.09 Å². The van der Waals surface area contributed by atoms with Crippen molar-refractivity contribution in [3.05, 3.63) is 30.0 Å². The van der Waals surface area contributed by atoms with Crippen molar-refractivity contribution in [2.75, 3.05) is 6.54 Å². The summed E-state index contributed by atoms with van der Waals surface area (Å²) in [4.78, 5) is 26.1. The number of amides is 2. The summed E-state index contributed by atoms with van der Waals surface area (Å²) in [6.07, 6.45) is 0.930. The van der Waals surface area contributed by atoms with E-state index < -0.39 is 11.7 Å². The molecule has 30 heavy (non-hydrogen) atoms. The van der Waals surface area contributed by atoms with Crippen molar-refractivity contribution < 1.29 is 19.8 Å². The number of carboxylic acid groups (broad SMARTS) is 1. The molecule has 8 heteroatoms. The number of hydrogen-bond acceptors (Lipinski definition) is 4. The first-order chi connectivity index (χ1) is 14.2. The number of fused-ring (bicyclic) bond motifs is 1. The summed E-state index contributed by atoms with van der Waals surface area (Å²) in [5.41, 5.74) is 0.345. The van der Waals surface area contributed by atoms with Crippen LogP contribution in [-0.4, -0.2) is 61.1 Å². The molecule has 1 saturated heterocycles. The molecular formula is C22H32N4O4. The van der Waals surface area contributed by atoms with Crippen molar-refractivity contribution in [1.29, 1.82) is 0 Å². The Labute approximate surface area is 176 Å². The lowest BCUT2D eigenvalue weighted by Crippen LogP contribution is -2.41. The largest absolute Gasteiger partial charge is 0.465 e. The molecule has 0 bridgehead atoms. The average molecular weight is 417 g/mol. The highest BCUT2D eigenvalue weighted by molar-refractivity contribution is 6.05. The predicted molar refractivity (Wildman–Crippen MR) is 115 cm³/mol. The molecule has 1 aromatic heterocycles. The second kappa shape index (κ2) is 8.63. The zero-order valence-corrected chi connectivity index (χ0v) is 18.1. The topological polar surface area (TPSA) is 108 Å². The highest BCUT2D eigenvalue weighted by atomic mass is 16.4. The molecule has 0 radical (unpaired) electrons. The maximum Gasteiger partial charge on any atom is 0.407 e. The number of likely N-dealkylation sites (tertiary alicyclic amines) is 1. The third-order valence-electron chi connectivity index (χ3n) is 6.25. The Morgan fingerprint density at radius 3 is 2.53 bits per heavy atom. The Bertz CT molecular complexity index is 919. The lowest BCUT2D eigenvalue weighted by atomic mass is 9.88. The Kier molecular flexibility index (Phi) is 6.36. The Balaban J connectivity index is 1.79. The molecule has 3 N–H and O–H groups in total. The number of aromatic nitrogens is 2. The van der Waals surface area contributed by atoms with Crippen LogP contribution >= 0.6 is 0 Å². The molecule has 1 aromatic carbocycles. The fourth-order valence-corrected chi connectivity index (χ4v) is 4.33. The molecule has 164 valence electrons. The monoisotopic (exact) mass is 416 g/mol. The Hall–Kier alpha value is -2.61. The minimum atomic E-state index is -1.03. The van der Waals surface area contributed by atoms with E-state index in [9.17, 15) is 19.8 Å². The Morgan fingerprint density at radius 1 is 1.27 bits per heavy atom. The molecule has 2 aromatic rings. The van der Waals surface area contributed by atoms with Crippen LogP contribution in [-0.2, 0) is 0 Å². The lowest BCUT2D eigenvalue weighted by Gasteiger charge is -2.31. The number of nitrogens with zero attached hydrogens (tertiary/aromatic N) is 3. The van der Waals surface area contributed by atoms with Crippen LogP contribution < -0.4 is 5.32 Å². The number of para-hydroxylation sites is 1. The fraction of sp³-hybridized carbons (Fsp3) is 0.591. The number of hydrogen-bond donors (Lipinski definition) is 3. The van der Waals surface area contributed by atoms with Crippen molar-refractivity contribution >= 4 is 22.9 Å². The smallest absolute Gasteiger partial charge is 0.407 e. The van der Waals surface area contributed by atoms with Gasteiger partial charge < -0.3 is 20.4 Å². The molecule has 1 fully saturated rings. The molecule has 8 nitrogen and oxygen atoms in total. The molecule has 0 spiro atoms. The molecule has 1 aliphatic heterocycles. The summed E-state index contributed by atoms with van der Waals surface area (Å²) in [6.45, 7) is 8.03. The molecule has 2 amide bonds. The Morgan fingerprint density at radius 2 is 1.93 bits per heavy atom. The summed E-state index contributed by atoms with van der Waals surface area (Å²) in [5, 5.41) is 28.6. The van der Waals surface area contributed by atoms with Crippen molar-refractivity contribution in [2.45, 2.75) is 77.1 Å². The number of rotatable bonds is 7. The molecular weight excluding hydrogens is 384 g/mol. The first-order valence-corrected chi connectivity index (χ1v) is 10.7. The van der Waals surface area contributed by atoms with E-state index in [1.807, 2.05) is 56.6 Å². The number of benzene rings is 1. The van der Waals surface area contributed by atoms with Crippen LogP contribution in [0.1, 0.15) is 69.9 Å². The van der Waals surface area contributed by atoms with Crippen LogP contribution in [0.3, 0.4) is 0 Å². The van der Waals surface area contributed by atoms with Gasteiger partial charge in [0.15, 0.2) is 5.69 Å². The van der Waals surface area contributed by atoms with E-state index in [0.29, 0.717) is 31.4 Å². The average Bonchev–Trinajstić information content (AvgIpc) is 3.29. The summed E-state index contributed by atoms with van der Waals surface area (Å²) in [6, 6.07) is 7.06. The highest BCUT2D eigenvalue weighted by Gasteiger charge is 2.40. The van der Waals surface area contributed by atoms with Crippen molar-refractivity contribution in [2.24, 2.45) is 0 Å². The van der Waals surface area contributed by atoms with E-state index in [-0.39, 0.29) is 30.6 Å². The van der Waals surface area contributed by atoms with Crippen molar-refractivity contribution in [3.63, 3.8) is 0 Å². The van der Waals surface area contributed by atoms with Gasteiger partial charge in [0, 0.05) is 30.1 Å². The second-order valence-corrected chi connectivity index (χ2v) is 8.53. The molecule has 0 unspecified atom stereocenters. The van der Waals surface area contributed by atoms with Crippen LogP contribution in [0.25, 0.3) is 10.9 Å². The maximum absolute atomic E-state index is 13.0. The predicted octanol–water partition coefficient (Wildman–Crippen LogP) is 3.41. The van der Waals surface area contributed by atoms with Gasteiger partial charge in [0.1, 0.15) is 0 Å². The van der Waals surface area contributed by atoms with Gasteiger partial charge in [0.2, 0.25) is 0 Å². The van der Waals surface area contributed by atoms with Crippen LogP contribution in [0.4, 0.5) is 4.79 Å². The molecule has 2 heterocycles. The molecule has 3 rings (SSSR count). The van der Waals surface area contributed by atoms with Gasteiger partial charge in [-0.1, -0.05) is 32.0 Å². The van der Waals surface area contributed by atoms with E-state index in [1.165, 1.54) is 4.90 Å². The van der Waals surface area contributed by atoms with Gasteiger partial charge in [-0.05, 0) is 45.6 Å². The zero-order chi connectivity index (χ0) is 22.1. The zero-order valence-electron chi connectivity index (χ0n) is 18.1. The third kappa shape index (κ3) is 4.28. The van der Waals surface area contributed by atoms with E-state index >= 15 is 0 Å². The van der Waals surface area contributed by atoms with Gasteiger partial charge in [-0.25, -0.2) is 4.79 Å². The SMILES string of the molecule is CCC(O)(CC)C[C@@H]1C[C@H](NC(=O)c2nn(C(C)C)c3ccccc23)CN1C(=O)O. The highest BCUT2D eigenvalue weighted by Crippen LogP contribution is 2.30. The summed E-state index contributed by atoms with van der Waals surface area (Å²) < 4.78 is 1.83. The molecule has 1 aliphatic rings. The number of carbonyl (C=O) groups excluding carboxylic acids is 1. The first kappa shape index (κ1) is 22.1. The molecule has 0 aliphatic carbocycles. The van der Waals surface area contributed by atoms with Crippen molar-refractivity contribution in [3.8, 4) is 0 Å². The molecule has 0 saturated carbocycles. The van der Waals surface area contributed by atoms with E-state index in [4.69, 9.17) is 0 Å². The van der Waals surface area contributed by atoms with Gasteiger partial charge in [-0.15, -0.1) is 0 Å². The van der Waals surface area contributed by atoms with E-state index in [1.54, 1.807) is 0 Å². The maximum atomic E-state index is 13.0. The van der Waals surface area contributed by atoms with Gasteiger partial charge in [0.25, 0.3) is 5.91 Å². The van der Waals surface area contributed by atoms with Crippen molar-refractivity contribution in [1.82, 2.24) is 20.0 Å². The standard InChI is InChI=1S/C22H32N4O4/c1-5-22(30,6-2)12-16-11-15(13-25(16)21(28)29)23-20(27)19-17-9-7-8-10-18(17)26(24-19)14(3)4/h7-10,14-16,30H,5-6,11-13H2,1-4H3,(H,23,27)(H,28,29)/t15-,16-/m0/s1. The minimum absolute atomic E-state index is 0.107. The first-order valence-electron chi connectivity index (χ1n) is 10.7. The second-order valence-electron chi connectivity index (χ2n) is 8.53. The third-order valence-corrected chi connectivity index (χ3v) is 6.25. The van der Waals surface area contributed by atoms with E-state index in [0.717, 1.165) is 10.9 Å². The summed E-state index contributed by atoms with van der Waals surface area (Å²) in [7, 11) is 0. The van der Waals surface area contributed by atoms with Crippen LogP contribution in [0.5, 0.6) is 0 Å². The lowest BCUT2D eigenvalue weighted by molar-refractivity contribution is 0.00349. The minimum Gasteiger partial charge on any atom is -0.465 e. The quantitative estimate of drug-likeness (QED) is 0.641. The normalized spacial score (nSPS) is 19.6. The summed E-state index contributed by atoms with van der Waals surface area (Å²) in [5.74, 6) is -0.303. The van der Waals surface area contributed by atoms with E-state index in [2.05, 4.69) is 10.4 Å². The van der Waals surface area contributed by atoms with Gasteiger partial charge in [0.05, 0.1) is 11.1 Å². The number of aliphatic hydroxyl groups is 1. The summed E-state index contributed by atoms with van der Waals surface area (Å²) >= 11 is 0. The van der Waals surface area contributed by atoms with Gasteiger partial charge in [-0.3, -0.25) is 9.48 Å². The van der Waals surface area contributed by atoms with Crippen LogP contribution in [0.2, 0.25) is 0 Å². The number of nitrogens with one attached hydrogen (secondary N) is 1. The van der Waals surface area contributed by atoms with Crippen LogP contribution in [0, 0.1) is 0 Å². The number of carbonyl (C=O) groups is 2. The van der Waals surface area contributed by atoms with Crippen LogP contribution in [0.15, 0.2) is 24.3 Å².